The SMILES string of the molecule is CCc1[nH]nc2ncc(F)cc12.COc1cc(Cc2nccc(Cl)n2)cc(S(C)(=O)=O)c1.COc1cc(Cc2nccc(N(C)c3n[nH]c4ncc(F)cc34)n2)cc(S(C)(=O)=O)c1. The molecule has 0 aliphatic rings. The largest absolute Gasteiger partial charge is 0.497 e. The summed E-state index contributed by atoms with van der Waals surface area (Å²) in [4.78, 5) is 26.9. The normalized spacial score (nSPS) is 11.4. The highest BCUT2D eigenvalue weighted by atomic mass is 35.5. The average Bonchev–Trinajstić information content (AvgIpc) is 3.86. The van der Waals surface area contributed by atoms with Crippen LogP contribution in [0, 0.1) is 11.6 Å². The van der Waals surface area contributed by atoms with E-state index >= 15 is 0 Å². The van der Waals surface area contributed by atoms with E-state index in [0.717, 1.165) is 41.8 Å². The Morgan fingerprint density at radius 1 is 0.698 bits per heavy atom. The van der Waals surface area contributed by atoms with Gasteiger partial charge < -0.3 is 14.4 Å². The summed E-state index contributed by atoms with van der Waals surface area (Å²) in [5, 5.41) is 15.4. The van der Waals surface area contributed by atoms with Gasteiger partial charge in [-0.05, 0) is 78.2 Å². The van der Waals surface area contributed by atoms with Crippen LogP contribution >= 0.6 is 11.6 Å². The fourth-order valence-corrected chi connectivity index (χ4v) is 7.58. The lowest BCUT2D eigenvalue weighted by Crippen LogP contribution is -2.13. The number of pyridine rings is 2. The number of hydrogen-bond acceptors (Lipinski definition) is 15. The number of benzene rings is 2. The van der Waals surface area contributed by atoms with Crippen LogP contribution in [0.3, 0.4) is 0 Å². The standard InChI is InChI=1S/C20H19FN6O3S.C13H13ClN2O3S.C8H8FN3/c1-27(20-16-9-13(21)11-23-19(16)25-26-20)18-4-5-22-17(24-18)8-12-6-14(30-2)10-15(7-12)31(3,28)29;1-19-10-5-9(6-11(8-10)20(2,17)18)7-13-15-4-3-12(14)16-13;1-2-7-6-3-5(9)4-10-8(6)12-11-7/h4-7,9-11H,8H2,1-3H3,(H,23,25,26);3-6,8H,7H2,1-2H3;3-4H,2H2,1H3,(H,10,11,12). The second-order valence-corrected chi connectivity index (χ2v) is 18.2. The number of ether oxygens (including phenoxy) is 2. The predicted octanol–water partition coefficient (Wildman–Crippen LogP) is 6.45. The molecule has 0 unspecified atom stereocenters. The fourth-order valence-electron chi connectivity index (χ4n) is 6.04. The predicted molar refractivity (Wildman–Crippen MR) is 232 cm³/mol. The van der Waals surface area contributed by atoms with Gasteiger partial charge in [0, 0.05) is 55.9 Å². The molecule has 0 bridgehead atoms. The molecule has 2 N–H and O–H groups in total. The molecule has 8 rings (SSSR count). The first-order chi connectivity index (χ1) is 29.9. The Hall–Kier alpha value is -6.71. The average molecular weight is 920 g/mol. The topological polar surface area (TPSA) is 225 Å². The van der Waals surface area contributed by atoms with Crippen molar-refractivity contribution >= 4 is 65.0 Å². The van der Waals surface area contributed by atoms with Gasteiger partial charge in [0.1, 0.15) is 45.8 Å². The van der Waals surface area contributed by atoms with E-state index in [9.17, 15) is 25.6 Å². The summed E-state index contributed by atoms with van der Waals surface area (Å²) >= 11 is 5.80. The molecule has 0 saturated carbocycles. The molecule has 0 saturated heterocycles. The van der Waals surface area contributed by atoms with Crippen molar-refractivity contribution in [1.82, 2.24) is 50.3 Å². The van der Waals surface area contributed by atoms with Crippen LogP contribution in [-0.4, -0.2) is 101 Å². The highest BCUT2D eigenvalue weighted by Gasteiger charge is 2.17. The molecule has 17 nitrogen and oxygen atoms in total. The van der Waals surface area contributed by atoms with Crippen LogP contribution in [0.5, 0.6) is 11.5 Å². The number of rotatable bonds is 11. The van der Waals surface area contributed by atoms with Crippen LogP contribution in [-0.2, 0) is 38.9 Å². The van der Waals surface area contributed by atoms with Crippen LogP contribution in [0.15, 0.2) is 95.2 Å². The van der Waals surface area contributed by atoms with Crippen LogP contribution in [0.25, 0.3) is 22.1 Å². The summed E-state index contributed by atoms with van der Waals surface area (Å²) in [6, 6.07) is 15.7. The van der Waals surface area contributed by atoms with E-state index in [1.54, 1.807) is 60.7 Å². The quantitative estimate of drug-likeness (QED) is 0.133. The fraction of sp³-hybridized carbons (Fsp3) is 0.220. The first kappa shape index (κ1) is 45.8. The number of sulfone groups is 2. The molecule has 328 valence electrons. The Labute approximate surface area is 365 Å². The number of nitrogens with one attached hydrogen (secondary N) is 2. The van der Waals surface area contributed by atoms with Crippen LogP contribution in [0.4, 0.5) is 20.4 Å². The summed E-state index contributed by atoms with van der Waals surface area (Å²) in [5.74, 6) is 2.12. The van der Waals surface area contributed by atoms with Crippen molar-refractivity contribution in [2.45, 2.75) is 36.0 Å². The molecule has 0 aliphatic heterocycles. The Bertz CT molecular complexity index is 3140. The molecule has 0 fully saturated rings. The molecule has 22 heteroatoms. The minimum Gasteiger partial charge on any atom is -0.497 e. The Balaban J connectivity index is 0.000000175. The summed E-state index contributed by atoms with van der Waals surface area (Å²) in [5.41, 5.74) is 3.40. The van der Waals surface area contributed by atoms with Crippen molar-refractivity contribution < 1.29 is 35.1 Å². The van der Waals surface area contributed by atoms with Crippen molar-refractivity contribution in [3.05, 3.63) is 131 Å². The van der Waals surface area contributed by atoms with Crippen LogP contribution < -0.4 is 14.4 Å². The number of aromatic nitrogens is 10. The minimum atomic E-state index is -3.40. The van der Waals surface area contributed by atoms with E-state index in [2.05, 4.69) is 50.3 Å². The maximum Gasteiger partial charge on any atom is 0.181 e. The molecule has 0 radical (unpaired) electrons. The first-order valence-corrected chi connectivity index (χ1v) is 22.9. The third-order valence-corrected chi connectivity index (χ3v) is 11.5. The maximum absolute atomic E-state index is 13.6. The number of H-pyrrole nitrogens is 2. The highest BCUT2D eigenvalue weighted by Crippen LogP contribution is 2.28. The van der Waals surface area contributed by atoms with Crippen molar-refractivity contribution in [1.29, 1.82) is 0 Å². The van der Waals surface area contributed by atoms with E-state index in [1.165, 1.54) is 44.7 Å². The Morgan fingerprint density at radius 2 is 1.25 bits per heavy atom. The second-order valence-electron chi connectivity index (χ2n) is 13.8. The number of fused-ring (bicyclic) bond motifs is 2. The number of hydrogen-bond donors (Lipinski definition) is 2. The monoisotopic (exact) mass is 919 g/mol. The molecule has 0 atom stereocenters. The second kappa shape index (κ2) is 19.6. The number of methoxy groups -OCH3 is 2. The summed E-state index contributed by atoms with van der Waals surface area (Å²) in [7, 11) is -2.00. The third kappa shape index (κ3) is 11.8. The van der Waals surface area contributed by atoms with Crippen LogP contribution in [0.2, 0.25) is 5.15 Å². The van der Waals surface area contributed by atoms with Gasteiger partial charge in [0.25, 0.3) is 0 Å². The zero-order chi connectivity index (χ0) is 45.5. The van der Waals surface area contributed by atoms with Gasteiger partial charge in [0.2, 0.25) is 0 Å². The molecule has 63 heavy (non-hydrogen) atoms. The van der Waals surface area contributed by atoms with Crippen molar-refractivity contribution in [2.75, 3.05) is 38.7 Å². The summed E-state index contributed by atoms with van der Waals surface area (Å²) in [6.07, 6.45) is 9.21. The Kier molecular flexibility index (Phi) is 14.2. The lowest BCUT2D eigenvalue weighted by Gasteiger charge is -2.16. The molecule has 0 amide bonds. The number of aromatic amines is 2. The molecule has 6 aromatic heterocycles. The molecule has 6 heterocycles. The van der Waals surface area contributed by atoms with Crippen molar-refractivity contribution in [3.63, 3.8) is 0 Å². The van der Waals surface area contributed by atoms with Gasteiger partial charge in [-0.3, -0.25) is 10.2 Å². The van der Waals surface area contributed by atoms with Gasteiger partial charge in [-0.2, -0.15) is 10.2 Å². The van der Waals surface area contributed by atoms with Crippen molar-refractivity contribution in [2.24, 2.45) is 0 Å². The molecule has 0 spiro atoms. The van der Waals surface area contributed by atoms with Gasteiger partial charge in [-0.25, -0.2) is 55.5 Å². The van der Waals surface area contributed by atoms with Gasteiger partial charge in [0.05, 0.1) is 41.8 Å². The van der Waals surface area contributed by atoms with Gasteiger partial charge in [0.15, 0.2) is 36.8 Å². The third-order valence-electron chi connectivity index (χ3n) is 9.13. The van der Waals surface area contributed by atoms with E-state index in [0.29, 0.717) is 75.0 Å². The van der Waals surface area contributed by atoms with Gasteiger partial charge in [-0.15, -0.1) is 0 Å². The number of aryl methyl sites for hydroxylation is 1. The summed E-state index contributed by atoms with van der Waals surface area (Å²) < 4.78 is 84.0. The minimum absolute atomic E-state index is 0.160. The first-order valence-electron chi connectivity index (χ1n) is 18.7. The smallest absolute Gasteiger partial charge is 0.181 e. The molecular weight excluding hydrogens is 880 g/mol. The summed E-state index contributed by atoms with van der Waals surface area (Å²) in [6.45, 7) is 1.98. The lowest BCUT2D eigenvalue weighted by molar-refractivity contribution is 0.413. The highest BCUT2D eigenvalue weighted by molar-refractivity contribution is 7.91. The van der Waals surface area contributed by atoms with E-state index in [4.69, 9.17) is 21.1 Å². The van der Waals surface area contributed by atoms with Crippen LogP contribution in [0.1, 0.15) is 35.4 Å². The zero-order valence-electron chi connectivity index (χ0n) is 34.6. The molecule has 2 aromatic carbocycles. The zero-order valence-corrected chi connectivity index (χ0v) is 37.0. The number of halogens is 3. The Morgan fingerprint density at radius 3 is 1.81 bits per heavy atom. The maximum atomic E-state index is 13.6. The van der Waals surface area contributed by atoms with Gasteiger partial charge >= 0.3 is 0 Å². The lowest BCUT2D eigenvalue weighted by atomic mass is 10.1. The number of nitrogens with zero attached hydrogens (tertiary/aromatic N) is 9. The van der Waals surface area contributed by atoms with Crippen molar-refractivity contribution in [3.8, 4) is 11.5 Å². The molecule has 8 aromatic rings. The van der Waals surface area contributed by atoms with E-state index < -0.39 is 25.5 Å². The number of anilines is 2. The van der Waals surface area contributed by atoms with E-state index in [1.807, 2.05) is 6.92 Å². The van der Waals surface area contributed by atoms with Gasteiger partial charge in [-0.1, -0.05) is 18.5 Å². The molecule has 0 aliphatic carbocycles. The van der Waals surface area contributed by atoms with E-state index in [-0.39, 0.29) is 15.6 Å². The molecular formula is C41H40ClF2N11O6S2.